The van der Waals surface area contributed by atoms with Crippen molar-refractivity contribution in [2.24, 2.45) is 5.41 Å². The monoisotopic (exact) mass is 552 g/mol. The zero-order valence-electron chi connectivity index (χ0n) is 24.0. The third-order valence-electron chi connectivity index (χ3n) is 8.53. The molecule has 6 nitrogen and oxygen atoms in total. The van der Waals surface area contributed by atoms with E-state index in [9.17, 15) is 14.0 Å². The highest BCUT2D eigenvalue weighted by atomic mass is 19.1. The summed E-state index contributed by atoms with van der Waals surface area (Å²) in [6.07, 6.45) is 1.23. The number of fused-ring (bicyclic) bond motifs is 1. The number of aryl methyl sites for hydroxylation is 1. The number of piperazine rings is 1. The fourth-order valence-corrected chi connectivity index (χ4v) is 6.43. The Labute approximate surface area is 241 Å². The zero-order valence-corrected chi connectivity index (χ0v) is 24.0. The molecular weight excluding hydrogens is 515 g/mol. The number of carbonyl (C=O) groups is 2. The van der Waals surface area contributed by atoms with E-state index >= 15 is 0 Å². The van der Waals surface area contributed by atoms with Crippen LogP contribution in [0.4, 0.5) is 21.5 Å². The number of hydrogen-bond acceptors (Lipinski definition) is 5. The first-order chi connectivity index (χ1) is 19.7. The number of para-hydroxylation sites is 2. The molecule has 0 saturated carbocycles. The Hall–Kier alpha value is -4.13. The summed E-state index contributed by atoms with van der Waals surface area (Å²) in [6, 6.07) is 22.5. The molecule has 3 aromatic carbocycles. The molecule has 2 aliphatic heterocycles. The summed E-state index contributed by atoms with van der Waals surface area (Å²) in [5.41, 5.74) is 6.50. The van der Waals surface area contributed by atoms with Gasteiger partial charge in [-0.3, -0.25) is 9.59 Å². The highest BCUT2D eigenvalue weighted by molar-refractivity contribution is 6.02. The van der Waals surface area contributed by atoms with Gasteiger partial charge in [0.2, 0.25) is 5.91 Å². The first-order valence-electron chi connectivity index (χ1n) is 14.4. The van der Waals surface area contributed by atoms with Crippen molar-refractivity contribution in [3.8, 4) is 0 Å². The van der Waals surface area contributed by atoms with Crippen LogP contribution in [0.15, 0.2) is 84.1 Å². The van der Waals surface area contributed by atoms with Crippen LogP contribution >= 0.6 is 0 Å². The van der Waals surface area contributed by atoms with Crippen LogP contribution in [-0.4, -0.2) is 49.3 Å². The molecule has 2 heterocycles. The second-order valence-corrected chi connectivity index (χ2v) is 12.3. The molecule has 1 aliphatic carbocycles. The van der Waals surface area contributed by atoms with Crippen molar-refractivity contribution >= 4 is 28.8 Å². The SMILES string of the molecule is Cc1ccc(C2C3=C(CC(C)(C)CC3=O)Nc3ccccc3N2CC(=O)N2CCN(c3ccc(F)cc3)CC2)cc1. The number of rotatable bonds is 4. The number of carbonyl (C=O) groups excluding carboxylic acids is 2. The molecule has 1 unspecified atom stereocenters. The molecule has 6 rings (SSSR count). The molecule has 0 aromatic heterocycles. The molecule has 1 fully saturated rings. The van der Waals surface area contributed by atoms with Gasteiger partial charge in [-0.2, -0.15) is 0 Å². The van der Waals surface area contributed by atoms with E-state index in [2.05, 4.69) is 60.2 Å². The maximum absolute atomic E-state index is 13.9. The molecule has 41 heavy (non-hydrogen) atoms. The fourth-order valence-electron chi connectivity index (χ4n) is 6.43. The van der Waals surface area contributed by atoms with Crippen molar-refractivity contribution in [2.45, 2.75) is 39.7 Å². The number of nitrogens with zero attached hydrogens (tertiary/aromatic N) is 3. The molecule has 0 spiro atoms. The lowest BCUT2D eigenvalue weighted by Gasteiger charge is -2.40. The second kappa shape index (κ2) is 10.7. The van der Waals surface area contributed by atoms with Gasteiger partial charge in [0.15, 0.2) is 5.78 Å². The van der Waals surface area contributed by atoms with Crippen LogP contribution in [0, 0.1) is 18.2 Å². The van der Waals surface area contributed by atoms with E-state index in [0.29, 0.717) is 32.6 Å². The number of allylic oxidation sites excluding steroid dienone is 1. The average Bonchev–Trinajstić information content (AvgIpc) is 3.08. The van der Waals surface area contributed by atoms with E-state index < -0.39 is 0 Å². The minimum Gasteiger partial charge on any atom is -0.368 e. The number of Topliss-reactive ketones (excluding diaryl/α,β-unsaturated/α-hetero) is 1. The van der Waals surface area contributed by atoms with Gasteiger partial charge >= 0.3 is 0 Å². The minimum atomic E-state index is -0.380. The summed E-state index contributed by atoms with van der Waals surface area (Å²) in [6.45, 7) is 9.02. The number of anilines is 3. The van der Waals surface area contributed by atoms with Gasteiger partial charge in [0, 0.05) is 49.6 Å². The van der Waals surface area contributed by atoms with Gasteiger partial charge in [0.1, 0.15) is 5.82 Å². The van der Waals surface area contributed by atoms with Crippen LogP contribution in [0.2, 0.25) is 0 Å². The van der Waals surface area contributed by atoms with Crippen molar-refractivity contribution in [1.82, 2.24) is 4.90 Å². The first kappa shape index (κ1) is 27.1. The van der Waals surface area contributed by atoms with Crippen LogP contribution in [-0.2, 0) is 9.59 Å². The number of benzene rings is 3. The van der Waals surface area contributed by atoms with E-state index in [1.54, 1.807) is 12.1 Å². The lowest BCUT2D eigenvalue weighted by molar-refractivity contribution is -0.130. The number of hydrogen-bond donors (Lipinski definition) is 1. The molecule has 1 atom stereocenters. The van der Waals surface area contributed by atoms with Crippen molar-refractivity contribution in [2.75, 3.05) is 47.8 Å². The molecule has 0 bridgehead atoms. The smallest absolute Gasteiger partial charge is 0.242 e. The van der Waals surface area contributed by atoms with E-state index in [-0.39, 0.29) is 35.5 Å². The first-order valence-corrected chi connectivity index (χ1v) is 14.4. The molecule has 3 aromatic rings. The lowest BCUT2D eigenvalue weighted by Crippen LogP contribution is -2.52. The van der Waals surface area contributed by atoms with Crippen LogP contribution in [0.25, 0.3) is 0 Å². The van der Waals surface area contributed by atoms with Gasteiger partial charge in [-0.15, -0.1) is 0 Å². The maximum Gasteiger partial charge on any atom is 0.242 e. The number of amides is 1. The average molecular weight is 553 g/mol. The highest BCUT2D eigenvalue weighted by Gasteiger charge is 2.42. The minimum absolute atomic E-state index is 0.0308. The molecule has 7 heteroatoms. The Morgan fingerprint density at radius 3 is 2.32 bits per heavy atom. The quantitative estimate of drug-likeness (QED) is 0.424. The summed E-state index contributed by atoms with van der Waals surface area (Å²) in [4.78, 5) is 34.0. The third kappa shape index (κ3) is 5.45. The van der Waals surface area contributed by atoms with Crippen LogP contribution in [0.3, 0.4) is 0 Å². The van der Waals surface area contributed by atoms with Crippen molar-refractivity contribution in [1.29, 1.82) is 0 Å². The van der Waals surface area contributed by atoms with Gasteiger partial charge in [0.05, 0.1) is 24.0 Å². The second-order valence-electron chi connectivity index (χ2n) is 12.3. The predicted octanol–water partition coefficient (Wildman–Crippen LogP) is 6.10. The van der Waals surface area contributed by atoms with Crippen molar-refractivity contribution < 1.29 is 14.0 Å². The molecule has 1 saturated heterocycles. The van der Waals surface area contributed by atoms with Crippen LogP contribution in [0.1, 0.15) is 43.9 Å². The number of nitrogens with one attached hydrogen (secondary N) is 1. The number of halogens is 1. The van der Waals surface area contributed by atoms with E-state index in [1.807, 2.05) is 29.2 Å². The van der Waals surface area contributed by atoms with Crippen LogP contribution in [0.5, 0.6) is 0 Å². The molecule has 3 aliphatic rings. The van der Waals surface area contributed by atoms with Crippen molar-refractivity contribution in [3.05, 3.63) is 101 Å². The Morgan fingerprint density at radius 1 is 0.927 bits per heavy atom. The van der Waals surface area contributed by atoms with E-state index in [4.69, 9.17) is 0 Å². The standard InChI is InChI=1S/C34H37FN4O2/c1-23-8-10-24(11-9-23)33-32-28(20-34(2,3)21-30(32)40)36-27-6-4-5-7-29(27)39(33)22-31(41)38-18-16-37(17-19-38)26-14-12-25(35)13-15-26/h4-15,33,36H,16-22H2,1-3H3. The Kier molecular flexibility index (Phi) is 7.06. The summed E-state index contributed by atoms with van der Waals surface area (Å²) >= 11 is 0. The molecular formula is C34H37FN4O2. The summed E-state index contributed by atoms with van der Waals surface area (Å²) in [7, 11) is 0. The largest absolute Gasteiger partial charge is 0.368 e. The van der Waals surface area contributed by atoms with Gasteiger partial charge in [-0.25, -0.2) is 4.39 Å². The molecule has 1 N–H and O–H groups in total. The molecule has 212 valence electrons. The zero-order chi connectivity index (χ0) is 28.7. The Bertz CT molecular complexity index is 1490. The molecule has 0 radical (unpaired) electrons. The van der Waals surface area contributed by atoms with Gasteiger partial charge < -0.3 is 20.0 Å². The third-order valence-corrected chi connectivity index (χ3v) is 8.53. The summed E-state index contributed by atoms with van der Waals surface area (Å²) in [5.74, 6) is -0.0907. The topological polar surface area (TPSA) is 55.9 Å². The Morgan fingerprint density at radius 2 is 1.61 bits per heavy atom. The normalized spacial score (nSPS) is 20.2. The van der Waals surface area contributed by atoms with E-state index in [1.165, 1.54) is 12.1 Å². The van der Waals surface area contributed by atoms with Crippen LogP contribution < -0.4 is 15.1 Å². The lowest BCUT2D eigenvalue weighted by atomic mass is 9.73. The van der Waals surface area contributed by atoms with Gasteiger partial charge in [-0.1, -0.05) is 55.8 Å². The van der Waals surface area contributed by atoms with Gasteiger partial charge in [0.25, 0.3) is 0 Å². The fraction of sp³-hybridized carbons (Fsp3) is 0.353. The van der Waals surface area contributed by atoms with E-state index in [0.717, 1.165) is 45.9 Å². The van der Waals surface area contributed by atoms with Gasteiger partial charge in [-0.05, 0) is 60.7 Å². The highest BCUT2D eigenvalue weighted by Crippen LogP contribution is 2.48. The molecule has 1 amide bonds. The summed E-state index contributed by atoms with van der Waals surface area (Å²) in [5, 5.41) is 3.63. The number of ketones is 1. The predicted molar refractivity (Wildman–Crippen MR) is 162 cm³/mol. The van der Waals surface area contributed by atoms with Crippen molar-refractivity contribution in [3.63, 3.8) is 0 Å². The Balaban J connectivity index is 1.34. The maximum atomic E-state index is 13.9. The summed E-state index contributed by atoms with van der Waals surface area (Å²) < 4.78 is 13.4.